The predicted molar refractivity (Wildman–Crippen MR) is 153 cm³/mol. The molecule has 0 N–H and O–H groups in total. The molecule has 1 fully saturated rings. The van der Waals surface area contributed by atoms with Crippen LogP contribution in [0.15, 0.2) is 23.4 Å². The molecule has 0 bridgehead atoms. The van der Waals surface area contributed by atoms with Gasteiger partial charge in [-0.15, -0.1) is 0 Å². The summed E-state index contributed by atoms with van der Waals surface area (Å²) in [6, 6.07) is 0. The lowest BCUT2D eigenvalue weighted by Gasteiger charge is -2.32. The van der Waals surface area contributed by atoms with Crippen LogP contribution >= 0.6 is 0 Å². The first-order chi connectivity index (χ1) is 19.2. The highest BCUT2D eigenvalue weighted by Gasteiger charge is 2.53. The van der Waals surface area contributed by atoms with Gasteiger partial charge in [-0.25, -0.2) is 9.59 Å². The third kappa shape index (κ3) is 10.6. The summed E-state index contributed by atoms with van der Waals surface area (Å²) in [5, 5.41) is 0. The zero-order valence-electron chi connectivity index (χ0n) is 26.6. The van der Waals surface area contributed by atoms with Crippen molar-refractivity contribution in [1.29, 1.82) is 0 Å². The number of carbonyl (C=O) groups excluding carboxylic acids is 2. The van der Waals surface area contributed by atoms with Crippen molar-refractivity contribution in [3.05, 3.63) is 23.4 Å². The molecule has 0 aromatic carbocycles. The molecule has 11 nitrogen and oxygen atoms in total. The second-order valence-electron chi connectivity index (χ2n) is 13.4. The Morgan fingerprint density at radius 2 is 1.23 bits per heavy atom. The summed E-state index contributed by atoms with van der Waals surface area (Å²) in [5.41, 5.74) is -6.50. The topological polar surface area (TPSA) is 121 Å². The van der Waals surface area contributed by atoms with E-state index in [1.54, 1.807) is 25.7 Å². The Balaban J connectivity index is 0.000000301. The third-order valence-corrected chi connectivity index (χ3v) is 7.66. The number of hydrogen-bond acceptors (Lipinski definition) is 9. The van der Waals surface area contributed by atoms with Crippen LogP contribution in [0.1, 0.15) is 82.1 Å². The van der Waals surface area contributed by atoms with Crippen molar-refractivity contribution in [3.63, 3.8) is 0 Å². The summed E-state index contributed by atoms with van der Waals surface area (Å²) < 4.78 is 85.1. The largest absolute Gasteiger partial charge is 0.534 e. The van der Waals surface area contributed by atoms with Crippen molar-refractivity contribution in [1.82, 2.24) is 9.80 Å². The Morgan fingerprint density at radius 3 is 1.65 bits per heavy atom. The number of alkyl halides is 3. The molecule has 0 saturated carbocycles. The number of hydrogen-bond donors (Lipinski definition) is 0. The maximum absolute atomic E-state index is 12.2. The zero-order valence-corrected chi connectivity index (χ0v) is 27.4. The lowest BCUT2D eigenvalue weighted by atomic mass is 9.76. The van der Waals surface area contributed by atoms with Gasteiger partial charge in [0.2, 0.25) is 0 Å². The molecule has 0 aromatic rings. The van der Waals surface area contributed by atoms with E-state index < -0.39 is 52.3 Å². The number of carbonyl (C=O) groups is 2. The Bertz CT molecular complexity index is 1190. The highest BCUT2D eigenvalue weighted by molar-refractivity contribution is 7.87. The van der Waals surface area contributed by atoms with Crippen molar-refractivity contribution in [2.45, 2.75) is 110 Å². The number of rotatable bonds is 3. The van der Waals surface area contributed by atoms with Crippen molar-refractivity contribution in [2.75, 3.05) is 26.2 Å². The van der Waals surface area contributed by atoms with Gasteiger partial charge in [-0.2, -0.15) is 21.6 Å². The smallest absolute Gasteiger partial charge is 0.444 e. The molecular weight excluding hydrogens is 596 g/mol. The normalized spacial score (nSPS) is 20.8. The monoisotopic (exact) mass is 640 g/mol. The van der Waals surface area contributed by atoms with Gasteiger partial charge >= 0.3 is 34.9 Å². The number of nitrogens with zero attached hydrogens (tertiary/aromatic N) is 2. The van der Waals surface area contributed by atoms with Gasteiger partial charge in [0.05, 0.1) is 17.7 Å². The van der Waals surface area contributed by atoms with Gasteiger partial charge in [-0.05, 0) is 93.6 Å². The van der Waals surface area contributed by atoms with Crippen molar-refractivity contribution < 1.29 is 54.1 Å². The Kier molecular flexibility index (Phi) is 11.0. The van der Waals surface area contributed by atoms with Crippen molar-refractivity contribution >= 4 is 29.4 Å². The van der Waals surface area contributed by atoms with Crippen molar-refractivity contribution in [2.24, 2.45) is 0 Å². The molecule has 246 valence electrons. The van der Waals surface area contributed by atoms with Gasteiger partial charge in [0, 0.05) is 19.6 Å². The van der Waals surface area contributed by atoms with Crippen molar-refractivity contribution in [3.8, 4) is 0 Å². The van der Waals surface area contributed by atoms with Crippen LogP contribution in [0.4, 0.5) is 22.8 Å². The van der Waals surface area contributed by atoms with E-state index in [1.165, 1.54) is 6.08 Å². The van der Waals surface area contributed by atoms with Crippen LogP contribution in [0.3, 0.4) is 0 Å². The standard InChI is InChI=1S/C16H28BNO4.C11H16F3NO5S/c1-14(2,3)20-13(19)18-10-8-9-12(11-18)17-21-15(4,5)16(6,7)22-17;1-10(2,3)19-9(16)15-6-4-5-8(7-15)20-21(17,18)11(12,13)14/h9H,8,10-11H2,1-7H3;5H,4,6-7H2,1-3H3. The predicted octanol–water partition coefficient (Wildman–Crippen LogP) is 5.56. The molecule has 1 saturated heterocycles. The van der Waals surface area contributed by atoms with Crippen LogP contribution in [0, 0.1) is 0 Å². The number of ether oxygens (including phenoxy) is 2. The average Bonchev–Trinajstić information content (AvgIpc) is 3.03. The molecule has 3 aliphatic heterocycles. The second kappa shape index (κ2) is 12.9. The van der Waals surface area contributed by atoms with E-state index in [0.29, 0.717) is 13.1 Å². The summed E-state index contributed by atoms with van der Waals surface area (Å²) in [5.74, 6) is -0.454. The summed E-state index contributed by atoms with van der Waals surface area (Å²) in [6.45, 7) is 19.6. The fraction of sp³-hybridized carbons (Fsp3) is 0.778. The summed E-state index contributed by atoms with van der Waals surface area (Å²) >= 11 is 0. The molecule has 3 aliphatic rings. The summed E-state index contributed by atoms with van der Waals surface area (Å²) in [4.78, 5) is 26.8. The SMILES string of the molecule is CC(C)(C)OC(=O)N1CCC=C(B2OC(C)(C)C(C)(C)O2)C1.CC(C)(C)OC(=O)N1CCC=C(OS(=O)(=O)C(F)(F)F)C1. The van der Waals surface area contributed by atoms with Gasteiger partial charge in [0.15, 0.2) is 0 Å². The first-order valence-electron chi connectivity index (χ1n) is 13.9. The van der Waals surface area contributed by atoms with Crippen LogP contribution in [0.25, 0.3) is 0 Å². The lowest BCUT2D eigenvalue weighted by Crippen LogP contribution is -2.42. The van der Waals surface area contributed by atoms with E-state index >= 15 is 0 Å². The Morgan fingerprint density at radius 1 is 0.814 bits per heavy atom. The highest BCUT2D eigenvalue weighted by Crippen LogP contribution is 2.39. The Hall–Kier alpha value is -2.46. The van der Waals surface area contributed by atoms with E-state index in [2.05, 4.69) is 10.3 Å². The first-order valence-corrected chi connectivity index (χ1v) is 15.3. The highest BCUT2D eigenvalue weighted by atomic mass is 32.2. The minimum atomic E-state index is -5.73. The van der Waals surface area contributed by atoms with Gasteiger partial charge in [0.25, 0.3) is 0 Å². The Labute approximate surface area is 252 Å². The van der Waals surface area contributed by atoms with Crippen LogP contribution in [0.5, 0.6) is 0 Å². The molecular formula is C27H44BF3N2O9S. The minimum Gasteiger partial charge on any atom is -0.444 e. The maximum atomic E-state index is 12.2. The van der Waals surface area contributed by atoms with Gasteiger partial charge in [0.1, 0.15) is 17.0 Å². The molecule has 0 aliphatic carbocycles. The first kappa shape index (κ1) is 36.7. The fourth-order valence-electron chi connectivity index (χ4n) is 3.86. The average molecular weight is 641 g/mol. The quantitative estimate of drug-likeness (QED) is 0.222. The minimum absolute atomic E-state index is 0.169. The van der Waals surface area contributed by atoms with Crippen LogP contribution in [-0.4, -0.2) is 91.6 Å². The molecule has 0 aromatic heterocycles. The molecule has 0 spiro atoms. The third-order valence-electron chi connectivity index (χ3n) is 6.66. The van der Waals surface area contributed by atoms with Gasteiger partial charge in [-0.1, -0.05) is 6.08 Å². The molecule has 3 rings (SSSR count). The summed E-state index contributed by atoms with van der Waals surface area (Å²) in [7, 11) is -6.12. The molecule has 16 heteroatoms. The van der Waals surface area contributed by atoms with E-state index in [-0.39, 0.29) is 30.3 Å². The van der Waals surface area contributed by atoms with E-state index in [4.69, 9.17) is 18.8 Å². The maximum Gasteiger partial charge on any atom is 0.534 e. The molecule has 0 unspecified atom stereocenters. The molecule has 0 atom stereocenters. The van der Waals surface area contributed by atoms with Crippen LogP contribution < -0.4 is 0 Å². The molecule has 43 heavy (non-hydrogen) atoms. The van der Waals surface area contributed by atoms with E-state index in [9.17, 15) is 31.2 Å². The summed E-state index contributed by atoms with van der Waals surface area (Å²) in [6.07, 6.45) is 3.24. The molecule has 3 heterocycles. The fourth-order valence-corrected chi connectivity index (χ4v) is 4.36. The lowest BCUT2D eigenvalue weighted by molar-refractivity contribution is -0.0526. The van der Waals surface area contributed by atoms with Crippen LogP contribution in [-0.2, 0) is 33.1 Å². The van der Waals surface area contributed by atoms with Gasteiger partial charge < -0.3 is 32.8 Å². The number of amides is 2. The van der Waals surface area contributed by atoms with Crippen LogP contribution in [0.2, 0.25) is 0 Å². The van der Waals surface area contributed by atoms with E-state index in [1.807, 2.05) is 48.5 Å². The van der Waals surface area contributed by atoms with Gasteiger partial charge in [-0.3, -0.25) is 0 Å². The zero-order chi connectivity index (χ0) is 33.2. The molecule has 0 radical (unpaired) electrons. The molecule has 2 amide bonds. The number of halogens is 3. The second-order valence-corrected chi connectivity index (χ2v) is 14.9. The van der Waals surface area contributed by atoms with E-state index in [0.717, 1.165) is 16.8 Å².